The third-order valence-electron chi connectivity index (χ3n) is 4.87. The van der Waals surface area contributed by atoms with Crippen molar-refractivity contribution in [3.8, 4) is 11.5 Å². The Morgan fingerprint density at radius 2 is 1.72 bits per heavy atom. The molecule has 0 fully saturated rings. The Balaban J connectivity index is 1.27. The van der Waals surface area contributed by atoms with E-state index in [1.165, 1.54) is 24.0 Å². The first-order valence-corrected chi connectivity index (χ1v) is 9.04. The van der Waals surface area contributed by atoms with Crippen LogP contribution in [0.3, 0.4) is 0 Å². The van der Waals surface area contributed by atoms with E-state index in [1.807, 2.05) is 18.2 Å². The van der Waals surface area contributed by atoms with Crippen molar-refractivity contribution in [2.45, 2.75) is 32.1 Å². The minimum absolute atomic E-state index is 0.0792. The number of ether oxygens (including phenoxy) is 2. The van der Waals surface area contributed by atoms with Gasteiger partial charge in [0.25, 0.3) is 0 Å². The van der Waals surface area contributed by atoms with Crippen LogP contribution in [-0.2, 0) is 30.5 Å². The van der Waals surface area contributed by atoms with Gasteiger partial charge in [-0.05, 0) is 60.1 Å². The van der Waals surface area contributed by atoms with Gasteiger partial charge < -0.3 is 14.8 Å². The predicted octanol–water partition coefficient (Wildman–Crippen LogP) is 2.85. The zero-order chi connectivity index (χ0) is 17.1. The molecule has 2 aromatic carbocycles. The number of hydrogen-bond donors (Lipinski definition) is 1. The molecule has 1 aliphatic heterocycles. The average molecular weight is 337 g/mol. The number of amides is 1. The lowest BCUT2D eigenvalue weighted by Crippen LogP contribution is -2.27. The highest BCUT2D eigenvalue weighted by molar-refractivity contribution is 5.78. The van der Waals surface area contributed by atoms with Crippen LogP contribution in [0.25, 0.3) is 0 Å². The maximum Gasteiger partial charge on any atom is 0.224 e. The topological polar surface area (TPSA) is 47.6 Å². The number of benzene rings is 2. The molecule has 1 heterocycles. The summed E-state index contributed by atoms with van der Waals surface area (Å²) in [6, 6.07) is 12.4. The highest BCUT2D eigenvalue weighted by Gasteiger charge is 2.13. The Kier molecular flexibility index (Phi) is 4.59. The maximum absolute atomic E-state index is 12.2. The zero-order valence-electron chi connectivity index (χ0n) is 14.3. The predicted molar refractivity (Wildman–Crippen MR) is 96.3 cm³/mol. The zero-order valence-corrected chi connectivity index (χ0v) is 14.3. The summed E-state index contributed by atoms with van der Waals surface area (Å²) in [6.45, 7) is 1.82. The van der Waals surface area contributed by atoms with Gasteiger partial charge >= 0.3 is 0 Å². The standard InChI is InChI=1S/C21H23NO3/c23-21(14-16-4-6-17-2-1-3-18(17)12-16)22-9-8-15-5-7-19-20(13-15)25-11-10-24-19/h4-7,12-13H,1-3,8-11,14H2,(H,22,23). The molecule has 4 heteroatoms. The number of rotatable bonds is 5. The van der Waals surface area contributed by atoms with E-state index in [9.17, 15) is 4.79 Å². The molecule has 1 aliphatic carbocycles. The number of carbonyl (C=O) groups is 1. The van der Waals surface area contributed by atoms with Crippen LogP contribution >= 0.6 is 0 Å². The van der Waals surface area contributed by atoms with Crippen molar-refractivity contribution in [1.29, 1.82) is 0 Å². The monoisotopic (exact) mass is 337 g/mol. The van der Waals surface area contributed by atoms with Crippen molar-refractivity contribution >= 4 is 5.91 Å². The summed E-state index contributed by atoms with van der Waals surface area (Å²) >= 11 is 0. The fraction of sp³-hybridized carbons (Fsp3) is 0.381. The van der Waals surface area contributed by atoms with Crippen LogP contribution in [0, 0.1) is 0 Å². The van der Waals surface area contributed by atoms with Gasteiger partial charge in [0.2, 0.25) is 5.91 Å². The molecule has 0 bridgehead atoms. The van der Waals surface area contributed by atoms with Gasteiger partial charge in [0.15, 0.2) is 11.5 Å². The van der Waals surface area contributed by atoms with Crippen LogP contribution in [0.15, 0.2) is 36.4 Å². The van der Waals surface area contributed by atoms with Gasteiger partial charge in [0, 0.05) is 6.54 Å². The largest absolute Gasteiger partial charge is 0.486 e. The van der Waals surface area contributed by atoms with Gasteiger partial charge in [-0.1, -0.05) is 24.3 Å². The van der Waals surface area contributed by atoms with Crippen molar-refractivity contribution in [2.75, 3.05) is 19.8 Å². The van der Waals surface area contributed by atoms with Crippen molar-refractivity contribution in [1.82, 2.24) is 5.32 Å². The highest BCUT2D eigenvalue weighted by Crippen LogP contribution is 2.30. The van der Waals surface area contributed by atoms with Gasteiger partial charge in [0.05, 0.1) is 6.42 Å². The van der Waals surface area contributed by atoms with E-state index in [1.54, 1.807) is 0 Å². The summed E-state index contributed by atoms with van der Waals surface area (Å²) in [4.78, 5) is 12.2. The third-order valence-corrected chi connectivity index (χ3v) is 4.87. The van der Waals surface area contributed by atoms with E-state index in [4.69, 9.17) is 9.47 Å². The van der Waals surface area contributed by atoms with Crippen LogP contribution in [0.5, 0.6) is 11.5 Å². The first kappa shape index (κ1) is 16.0. The second-order valence-electron chi connectivity index (χ2n) is 6.71. The molecule has 0 radical (unpaired) electrons. The lowest BCUT2D eigenvalue weighted by molar-refractivity contribution is -0.120. The highest BCUT2D eigenvalue weighted by atomic mass is 16.6. The summed E-state index contributed by atoms with van der Waals surface area (Å²) in [5.74, 6) is 1.68. The molecule has 2 aliphatic rings. The number of hydrogen-bond acceptors (Lipinski definition) is 3. The Hall–Kier alpha value is -2.49. The second-order valence-corrected chi connectivity index (χ2v) is 6.71. The number of nitrogens with one attached hydrogen (secondary N) is 1. The molecule has 1 N–H and O–H groups in total. The quantitative estimate of drug-likeness (QED) is 0.913. The average Bonchev–Trinajstić information content (AvgIpc) is 3.09. The van der Waals surface area contributed by atoms with Crippen molar-refractivity contribution < 1.29 is 14.3 Å². The van der Waals surface area contributed by atoms with Crippen LogP contribution in [0.1, 0.15) is 28.7 Å². The normalized spacial score (nSPS) is 14.9. The number of fused-ring (bicyclic) bond motifs is 2. The van der Waals surface area contributed by atoms with Crippen LogP contribution in [0.4, 0.5) is 0 Å². The molecular weight excluding hydrogens is 314 g/mol. The third kappa shape index (κ3) is 3.78. The first-order valence-electron chi connectivity index (χ1n) is 9.04. The molecule has 0 unspecified atom stereocenters. The summed E-state index contributed by atoms with van der Waals surface area (Å²) in [6.07, 6.45) is 4.80. The van der Waals surface area contributed by atoms with Crippen molar-refractivity contribution in [3.63, 3.8) is 0 Å². The molecule has 0 aromatic heterocycles. The Morgan fingerprint density at radius 3 is 2.64 bits per heavy atom. The van der Waals surface area contributed by atoms with E-state index >= 15 is 0 Å². The first-order chi connectivity index (χ1) is 12.3. The summed E-state index contributed by atoms with van der Waals surface area (Å²) < 4.78 is 11.1. The molecular formula is C21H23NO3. The Morgan fingerprint density at radius 1 is 0.920 bits per heavy atom. The minimum Gasteiger partial charge on any atom is -0.486 e. The van der Waals surface area contributed by atoms with Crippen molar-refractivity contribution in [3.05, 3.63) is 58.7 Å². The molecule has 0 saturated heterocycles. The van der Waals surface area contributed by atoms with Crippen LogP contribution < -0.4 is 14.8 Å². The van der Waals surface area contributed by atoms with Crippen LogP contribution in [-0.4, -0.2) is 25.7 Å². The fourth-order valence-corrected chi connectivity index (χ4v) is 3.57. The molecule has 1 amide bonds. The number of carbonyl (C=O) groups excluding carboxylic acids is 1. The molecule has 25 heavy (non-hydrogen) atoms. The van der Waals surface area contributed by atoms with Gasteiger partial charge in [-0.2, -0.15) is 0 Å². The van der Waals surface area contributed by atoms with Gasteiger partial charge in [-0.15, -0.1) is 0 Å². The molecule has 4 nitrogen and oxygen atoms in total. The Labute approximate surface area is 148 Å². The van der Waals surface area contributed by atoms with E-state index in [0.717, 1.165) is 35.5 Å². The Bertz CT molecular complexity index is 785. The van der Waals surface area contributed by atoms with E-state index in [2.05, 4.69) is 23.5 Å². The molecule has 130 valence electrons. The molecule has 2 aromatic rings. The van der Waals surface area contributed by atoms with Gasteiger partial charge in [0.1, 0.15) is 13.2 Å². The van der Waals surface area contributed by atoms with E-state index in [-0.39, 0.29) is 5.91 Å². The fourth-order valence-electron chi connectivity index (χ4n) is 3.57. The molecule has 0 saturated carbocycles. The van der Waals surface area contributed by atoms with E-state index in [0.29, 0.717) is 26.2 Å². The minimum atomic E-state index is 0.0792. The lowest BCUT2D eigenvalue weighted by Gasteiger charge is -2.18. The summed E-state index contributed by atoms with van der Waals surface area (Å²) in [5.41, 5.74) is 5.11. The van der Waals surface area contributed by atoms with Gasteiger partial charge in [-0.25, -0.2) is 0 Å². The summed E-state index contributed by atoms with van der Waals surface area (Å²) in [5, 5.41) is 3.02. The molecule has 0 atom stereocenters. The SMILES string of the molecule is O=C(Cc1ccc2c(c1)CCC2)NCCc1ccc2c(c1)OCCO2. The molecule has 4 rings (SSSR count). The van der Waals surface area contributed by atoms with Crippen molar-refractivity contribution in [2.24, 2.45) is 0 Å². The number of aryl methyl sites for hydroxylation is 2. The summed E-state index contributed by atoms with van der Waals surface area (Å²) in [7, 11) is 0. The molecule has 0 spiro atoms. The van der Waals surface area contributed by atoms with E-state index < -0.39 is 0 Å². The van der Waals surface area contributed by atoms with Gasteiger partial charge in [-0.3, -0.25) is 4.79 Å². The van der Waals surface area contributed by atoms with Crippen LogP contribution in [0.2, 0.25) is 0 Å². The smallest absolute Gasteiger partial charge is 0.224 e. The lowest BCUT2D eigenvalue weighted by atomic mass is 10.0. The second kappa shape index (κ2) is 7.18. The maximum atomic E-state index is 12.2.